The molecule has 0 atom stereocenters. The van der Waals surface area contributed by atoms with Crippen LogP contribution in [0.2, 0.25) is 0 Å². The van der Waals surface area contributed by atoms with Crippen LogP contribution in [0.1, 0.15) is 0 Å². The Labute approximate surface area is 330 Å². The molecule has 12 rings (SSSR count). The summed E-state index contributed by atoms with van der Waals surface area (Å²) in [6.07, 6.45) is 1.89. The normalized spacial score (nSPS) is 11.9. The summed E-state index contributed by atoms with van der Waals surface area (Å²) in [7, 11) is 0. The third-order valence-corrected chi connectivity index (χ3v) is 12.0. The van der Waals surface area contributed by atoms with Gasteiger partial charge in [0.2, 0.25) is 0 Å². The Morgan fingerprint density at radius 1 is 0.316 bits per heavy atom. The Bertz CT molecular complexity index is 3270. The number of nitrogens with zero attached hydrogens (tertiary/aromatic N) is 2. The van der Waals surface area contributed by atoms with E-state index in [0.717, 1.165) is 22.2 Å². The van der Waals surface area contributed by atoms with Gasteiger partial charge in [-0.2, -0.15) is 0 Å². The van der Waals surface area contributed by atoms with E-state index in [1.54, 1.807) is 0 Å². The summed E-state index contributed by atoms with van der Waals surface area (Å²) in [4.78, 5) is 4.91. The van der Waals surface area contributed by atoms with Gasteiger partial charge in [-0.25, -0.2) is 4.98 Å². The summed E-state index contributed by atoms with van der Waals surface area (Å²) in [5.74, 6) is 0. The zero-order chi connectivity index (χ0) is 37.5. The van der Waals surface area contributed by atoms with Crippen LogP contribution < -0.4 is 0 Å². The highest BCUT2D eigenvalue weighted by molar-refractivity contribution is 6.28. The third-order valence-electron chi connectivity index (χ3n) is 12.0. The summed E-state index contributed by atoms with van der Waals surface area (Å²) in [5.41, 5.74) is 18.3. The molecule has 0 bridgehead atoms. The van der Waals surface area contributed by atoms with E-state index >= 15 is 0 Å². The highest BCUT2D eigenvalue weighted by Crippen LogP contribution is 2.58. The minimum Gasteiger partial charge on any atom is -0.294 e. The number of pyridine rings is 1. The molecule has 0 amide bonds. The van der Waals surface area contributed by atoms with Gasteiger partial charge in [0.15, 0.2) is 0 Å². The van der Waals surface area contributed by atoms with E-state index in [1.807, 2.05) is 12.3 Å². The molecular weight excluding hydrogens is 689 g/mol. The van der Waals surface area contributed by atoms with Crippen LogP contribution >= 0.6 is 0 Å². The molecule has 1 aliphatic carbocycles. The van der Waals surface area contributed by atoms with Crippen molar-refractivity contribution in [3.8, 4) is 72.4 Å². The highest BCUT2D eigenvalue weighted by atomic mass is 15.0. The molecule has 2 heteroatoms. The maximum atomic E-state index is 4.91. The summed E-state index contributed by atoms with van der Waals surface area (Å²) in [5, 5.41) is 7.49. The molecule has 57 heavy (non-hydrogen) atoms. The van der Waals surface area contributed by atoms with Crippen molar-refractivity contribution >= 4 is 43.5 Å². The lowest BCUT2D eigenvalue weighted by Crippen LogP contribution is -1.95. The predicted molar refractivity (Wildman–Crippen MR) is 240 cm³/mol. The summed E-state index contributed by atoms with van der Waals surface area (Å²) in [6.45, 7) is 0. The van der Waals surface area contributed by atoms with Gasteiger partial charge in [-0.1, -0.05) is 164 Å². The molecule has 2 nitrogen and oxygen atoms in total. The maximum absolute atomic E-state index is 4.91. The van der Waals surface area contributed by atoms with Crippen molar-refractivity contribution in [2.45, 2.75) is 0 Å². The van der Waals surface area contributed by atoms with Crippen molar-refractivity contribution in [2.24, 2.45) is 0 Å². The topological polar surface area (TPSA) is 17.8 Å². The Morgan fingerprint density at radius 3 is 1.53 bits per heavy atom. The second kappa shape index (κ2) is 12.5. The van der Waals surface area contributed by atoms with E-state index in [1.165, 1.54) is 93.7 Å². The maximum Gasteiger partial charge on any atom is 0.145 e. The molecule has 1 aliphatic rings. The van der Waals surface area contributed by atoms with Crippen molar-refractivity contribution < 1.29 is 0 Å². The molecule has 0 radical (unpaired) electrons. The second-order valence-electron chi connectivity index (χ2n) is 15.0. The number of aromatic nitrogens is 2. The lowest BCUT2D eigenvalue weighted by molar-refractivity contribution is 1.14. The van der Waals surface area contributed by atoms with Crippen LogP contribution in [-0.4, -0.2) is 9.55 Å². The van der Waals surface area contributed by atoms with Gasteiger partial charge < -0.3 is 0 Å². The quantitative estimate of drug-likeness (QED) is 0.173. The number of benzene rings is 9. The first-order valence-corrected chi connectivity index (χ1v) is 19.6. The zero-order valence-electron chi connectivity index (χ0n) is 31.0. The first-order chi connectivity index (χ1) is 28.3. The minimum absolute atomic E-state index is 0.962. The standard InChI is InChI=1S/C55H34N2/c1-4-14-35(15-5-1)39-27-32-49-48(34-39)45-24-13-33-56-55(45)57(49)40-28-25-36(26-29-40)41-30-31-47-52-42(41)22-12-23-46(52)53-50(37-16-6-2-7-17-37)43-20-10-11-21-44(43)51(54(47)53)38-18-8-3-9-19-38/h1-34H. The summed E-state index contributed by atoms with van der Waals surface area (Å²) in [6, 6.07) is 73.1. The fraction of sp³-hybridized carbons (Fsp3) is 0. The van der Waals surface area contributed by atoms with E-state index in [-0.39, 0.29) is 0 Å². The molecule has 0 N–H and O–H groups in total. The summed E-state index contributed by atoms with van der Waals surface area (Å²) < 4.78 is 2.30. The largest absolute Gasteiger partial charge is 0.294 e. The van der Waals surface area contributed by atoms with Crippen LogP contribution in [0.3, 0.4) is 0 Å². The van der Waals surface area contributed by atoms with Crippen LogP contribution in [0.4, 0.5) is 0 Å². The van der Waals surface area contributed by atoms with Crippen molar-refractivity contribution in [3.05, 3.63) is 206 Å². The van der Waals surface area contributed by atoms with E-state index in [0.29, 0.717) is 0 Å². The van der Waals surface area contributed by atoms with E-state index < -0.39 is 0 Å². The molecule has 0 saturated carbocycles. The SMILES string of the molecule is c1ccc(-c2ccc3c(c2)c2cccnc2n3-c2ccc(-c3ccc4c5c(cccc35)-c3c-4c(-c4ccccc4)c4ccccc4c3-c3ccccc3)cc2)cc1. The zero-order valence-corrected chi connectivity index (χ0v) is 31.0. The van der Waals surface area contributed by atoms with Crippen LogP contribution in [0, 0.1) is 0 Å². The van der Waals surface area contributed by atoms with E-state index in [4.69, 9.17) is 4.98 Å². The fourth-order valence-corrected chi connectivity index (χ4v) is 9.57. The second-order valence-corrected chi connectivity index (χ2v) is 15.0. The molecule has 2 heterocycles. The predicted octanol–water partition coefficient (Wildman–Crippen LogP) is 14.8. The molecule has 2 aromatic heterocycles. The Kier molecular flexibility index (Phi) is 6.96. The Balaban J connectivity index is 1.05. The molecule has 0 aliphatic heterocycles. The number of fused-ring (bicyclic) bond motifs is 7. The smallest absolute Gasteiger partial charge is 0.145 e. The van der Waals surface area contributed by atoms with Crippen molar-refractivity contribution in [2.75, 3.05) is 0 Å². The highest BCUT2D eigenvalue weighted by Gasteiger charge is 2.31. The van der Waals surface area contributed by atoms with Gasteiger partial charge in [0.25, 0.3) is 0 Å². The molecule has 9 aromatic carbocycles. The van der Waals surface area contributed by atoms with Gasteiger partial charge >= 0.3 is 0 Å². The van der Waals surface area contributed by atoms with Crippen molar-refractivity contribution in [1.29, 1.82) is 0 Å². The Morgan fingerprint density at radius 2 is 0.860 bits per heavy atom. The molecule has 0 fully saturated rings. The van der Waals surface area contributed by atoms with Gasteiger partial charge in [-0.05, 0) is 125 Å². The third kappa shape index (κ3) is 4.74. The molecule has 0 unspecified atom stereocenters. The first kappa shape index (κ1) is 31.8. The molecule has 0 saturated heterocycles. The van der Waals surface area contributed by atoms with Crippen LogP contribution in [0.25, 0.3) is 116 Å². The molecule has 264 valence electrons. The van der Waals surface area contributed by atoms with Crippen LogP contribution in [0.5, 0.6) is 0 Å². The first-order valence-electron chi connectivity index (χ1n) is 19.6. The van der Waals surface area contributed by atoms with Gasteiger partial charge in [0.1, 0.15) is 5.65 Å². The number of hydrogen-bond donors (Lipinski definition) is 0. The van der Waals surface area contributed by atoms with Crippen molar-refractivity contribution in [3.63, 3.8) is 0 Å². The summed E-state index contributed by atoms with van der Waals surface area (Å²) >= 11 is 0. The molecule has 0 spiro atoms. The molecular formula is C55H34N2. The monoisotopic (exact) mass is 722 g/mol. The van der Waals surface area contributed by atoms with Gasteiger partial charge in [0.05, 0.1) is 5.52 Å². The Hall–Kier alpha value is -7.55. The minimum atomic E-state index is 0.962. The number of rotatable bonds is 5. The average Bonchev–Trinajstić information content (AvgIpc) is 3.80. The van der Waals surface area contributed by atoms with Crippen molar-refractivity contribution in [1.82, 2.24) is 9.55 Å². The van der Waals surface area contributed by atoms with Crippen LogP contribution in [0.15, 0.2) is 206 Å². The van der Waals surface area contributed by atoms with Gasteiger partial charge in [0, 0.05) is 22.7 Å². The van der Waals surface area contributed by atoms with Gasteiger partial charge in [-0.15, -0.1) is 0 Å². The lowest BCUT2D eigenvalue weighted by atomic mass is 9.82. The van der Waals surface area contributed by atoms with Crippen LogP contribution in [-0.2, 0) is 0 Å². The van der Waals surface area contributed by atoms with E-state index in [2.05, 4.69) is 199 Å². The molecule has 11 aromatic rings. The average molecular weight is 723 g/mol. The van der Waals surface area contributed by atoms with E-state index in [9.17, 15) is 0 Å². The van der Waals surface area contributed by atoms with Gasteiger partial charge in [-0.3, -0.25) is 4.57 Å². The fourth-order valence-electron chi connectivity index (χ4n) is 9.57. The lowest BCUT2D eigenvalue weighted by Gasteiger charge is -2.20. The number of hydrogen-bond acceptors (Lipinski definition) is 1.